The number of aliphatic hydroxyl groups excluding tert-OH is 2. The molecule has 2 aliphatic heterocycles. The zero-order valence-corrected chi connectivity index (χ0v) is 37.9. The van der Waals surface area contributed by atoms with Gasteiger partial charge in [0.15, 0.2) is 0 Å². The lowest BCUT2D eigenvalue weighted by molar-refractivity contribution is -0.140. The highest BCUT2D eigenvalue weighted by Crippen LogP contribution is 2.22. The summed E-state index contributed by atoms with van der Waals surface area (Å²) in [4.78, 5) is 23.3. The van der Waals surface area contributed by atoms with Crippen LogP contribution in [0.25, 0.3) is 0 Å². The molecule has 0 saturated heterocycles. The van der Waals surface area contributed by atoms with Crippen LogP contribution in [-0.2, 0) is 47.5 Å². The Balaban J connectivity index is 1.15. The minimum absolute atomic E-state index is 0.0723. The van der Waals surface area contributed by atoms with Crippen LogP contribution in [0.1, 0.15) is 168 Å². The molecule has 2 aliphatic rings. The molecule has 12 nitrogen and oxygen atoms in total. The molecule has 12 heteroatoms. The number of cyclic esters (lactones) is 2. The van der Waals surface area contributed by atoms with Crippen LogP contribution >= 0.6 is 0 Å². The highest BCUT2D eigenvalue weighted by molar-refractivity contribution is 5.91. The molecular formula is C48H86O12. The molecule has 2 heterocycles. The van der Waals surface area contributed by atoms with E-state index in [0.29, 0.717) is 66.1 Å². The van der Waals surface area contributed by atoms with E-state index in [9.17, 15) is 19.8 Å². The molecule has 0 fully saturated rings. The number of ether oxygens (including phenoxy) is 8. The van der Waals surface area contributed by atoms with E-state index in [1.807, 2.05) is 26.0 Å². The highest BCUT2D eigenvalue weighted by Gasteiger charge is 2.22. The summed E-state index contributed by atoms with van der Waals surface area (Å²) in [6, 6.07) is 0. The van der Waals surface area contributed by atoms with Crippen molar-refractivity contribution < 1.29 is 57.7 Å². The summed E-state index contributed by atoms with van der Waals surface area (Å²) in [5, 5.41) is 20.5. The number of carbonyl (C=O) groups is 2. The van der Waals surface area contributed by atoms with Gasteiger partial charge in [-0.05, 0) is 90.2 Å². The monoisotopic (exact) mass is 855 g/mol. The Morgan fingerprint density at radius 3 is 0.933 bits per heavy atom. The molecule has 0 bridgehead atoms. The van der Waals surface area contributed by atoms with Crippen LogP contribution in [0.3, 0.4) is 0 Å². The van der Waals surface area contributed by atoms with Crippen molar-refractivity contribution in [2.24, 2.45) is 0 Å². The highest BCUT2D eigenvalue weighted by atomic mass is 16.6. The third-order valence-electron chi connectivity index (χ3n) is 11.0. The van der Waals surface area contributed by atoms with Gasteiger partial charge < -0.3 is 48.1 Å². The maximum atomic E-state index is 11.6. The second-order valence-corrected chi connectivity index (χ2v) is 16.6. The zero-order valence-electron chi connectivity index (χ0n) is 37.9. The largest absolute Gasteiger partial charge is 0.455 e. The van der Waals surface area contributed by atoms with E-state index in [2.05, 4.69) is 0 Å². The van der Waals surface area contributed by atoms with Crippen LogP contribution in [0.5, 0.6) is 0 Å². The Morgan fingerprint density at radius 1 is 0.400 bits per heavy atom. The summed E-state index contributed by atoms with van der Waals surface area (Å²) >= 11 is 0. The first kappa shape index (κ1) is 54.2. The Morgan fingerprint density at radius 2 is 0.650 bits per heavy atom. The summed E-state index contributed by atoms with van der Waals surface area (Å²) in [7, 11) is 0. The topological polar surface area (TPSA) is 148 Å². The van der Waals surface area contributed by atoms with E-state index in [0.717, 1.165) is 178 Å². The number of rotatable bonds is 45. The van der Waals surface area contributed by atoms with Crippen LogP contribution in [0.2, 0.25) is 0 Å². The van der Waals surface area contributed by atoms with E-state index in [1.165, 1.54) is 0 Å². The second-order valence-electron chi connectivity index (χ2n) is 16.6. The summed E-state index contributed by atoms with van der Waals surface area (Å²) in [6.45, 7) is 10.8. The van der Waals surface area contributed by atoms with Gasteiger partial charge >= 0.3 is 11.9 Å². The summed E-state index contributed by atoms with van der Waals surface area (Å²) in [6.07, 6.45) is 28.2. The van der Waals surface area contributed by atoms with Crippen LogP contribution in [0, 0.1) is 0 Å². The fourth-order valence-electron chi connectivity index (χ4n) is 7.45. The third kappa shape index (κ3) is 31.9. The average molecular weight is 855 g/mol. The summed E-state index contributed by atoms with van der Waals surface area (Å²) in [5.41, 5.74) is 1.67. The van der Waals surface area contributed by atoms with Gasteiger partial charge in [0.25, 0.3) is 0 Å². The Bertz CT molecular complexity index is 1010. The molecule has 60 heavy (non-hydrogen) atoms. The molecular weight excluding hydrogens is 769 g/mol. The number of hydrogen-bond donors (Lipinski definition) is 2. The molecule has 4 atom stereocenters. The fourth-order valence-corrected chi connectivity index (χ4v) is 7.45. The van der Waals surface area contributed by atoms with Gasteiger partial charge in [-0.1, -0.05) is 89.9 Å². The van der Waals surface area contributed by atoms with Crippen molar-refractivity contribution in [2.75, 3.05) is 79.3 Å². The average Bonchev–Trinajstić information content (AvgIpc) is 3.73. The number of unbranched alkanes of at least 4 members (excludes halogenated alkanes) is 14. The van der Waals surface area contributed by atoms with Gasteiger partial charge in [0, 0.05) is 24.4 Å². The smallest absolute Gasteiger partial charge is 0.334 e. The Kier molecular flexibility index (Phi) is 35.0. The quantitative estimate of drug-likeness (QED) is 0.0445. The Hall–Kier alpha value is -1.90. The number of aliphatic hydroxyl groups is 2. The van der Waals surface area contributed by atoms with Crippen LogP contribution < -0.4 is 0 Å². The molecule has 0 aromatic rings. The molecule has 2 unspecified atom stereocenters. The SMILES string of the molecule is C[C@H]1C=C(CCCCCCCC(O)CCCCCCOCCOCCOCCOCCOCCOCCCCCCC(O)CCCCCCCC2=C[C@H](C)OC2=O)C(=O)O1. The van der Waals surface area contributed by atoms with Crippen molar-refractivity contribution in [2.45, 2.75) is 192 Å². The first-order valence-electron chi connectivity index (χ1n) is 24.0. The van der Waals surface area contributed by atoms with E-state index in [1.54, 1.807) is 0 Å². The normalized spacial score (nSPS) is 17.5. The minimum Gasteiger partial charge on any atom is -0.455 e. The summed E-state index contributed by atoms with van der Waals surface area (Å²) in [5.74, 6) is -0.293. The van der Waals surface area contributed by atoms with E-state index >= 15 is 0 Å². The third-order valence-corrected chi connectivity index (χ3v) is 11.0. The second kappa shape index (κ2) is 38.7. The first-order valence-corrected chi connectivity index (χ1v) is 24.0. The molecule has 0 aliphatic carbocycles. The lowest BCUT2D eigenvalue weighted by Crippen LogP contribution is -2.14. The molecule has 2 N–H and O–H groups in total. The van der Waals surface area contributed by atoms with Gasteiger partial charge in [-0.25, -0.2) is 9.59 Å². The number of esters is 2. The molecule has 0 radical (unpaired) electrons. The van der Waals surface area contributed by atoms with Gasteiger partial charge in [0.05, 0.1) is 78.3 Å². The van der Waals surface area contributed by atoms with Gasteiger partial charge in [-0.2, -0.15) is 0 Å². The molecule has 0 spiro atoms. The molecule has 0 aromatic carbocycles. The zero-order chi connectivity index (χ0) is 43.1. The van der Waals surface area contributed by atoms with E-state index in [4.69, 9.17) is 37.9 Å². The summed E-state index contributed by atoms with van der Waals surface area (Å²) < 4.78 is 43.9. The van der Waals surface area contributed by atoms with Crippen molar-refractivity contribution in [1.82, 2.24) is 0 Å². The molecule has 2 rings (SSSR count). The predicted molar refractivity (Wildman–Crippen MR) is 235 cm³/mol. The maximum absolute atomic E-state index is 11.6. The van der Waals surface area contributed by atoms with Gasteiger partial charge in [-0.3, -0.25) is 0 Å². The van der Waals surface area contributed by atoms with Crippen molar-refractivity contribution in [3.05, 3.63) is 23.3 Å². The number of hydrogen-bond acceptors (Lipinski definition) is 12. The van der Waals surface area contributed by atoms with E-state index < -0.39 is 0 Å². The fraction of sp³-hybridized carbons (Fsp3) is 0.875. The molecule has 0 aromatic heterocycles. The van der Waals surface area contributed by atoms with Crippen molar-refractivity contribution >= 4 is 11.9 Å². The molecule has 0 saturated carbocycles. The van der Waals surface area contributed by atoms with Crippen LogP contribution in [0.15, 0.2) is 23.3 Å². The van der Waals surface area contributed by atoms with Crippen molar-refractivity contribution in [3.63, 3.8) is 0 Å². The lowest BCUT2D eigenvalue weighted by Gasteiger charge is -2.10. The maximum Gasteiger partial charge on any atom is 0.334 e. The standard InChI is InChI=1S/C48H86O12/c1-41-39-43(47(51)59-41)21-13-5-3-7-15-23-45(49)25-17-9-11-19-27-53-29-31-55-33-35-57-37-38-58-36-34-56-32-30-54-28-20-12-10-18-26-46(50)24-16-8-4-6-14-22-44-40-42(2)60-48(44)52/h39-42,45-46,49-50H,3-38H2,1-2H3/t41-,42-,45?,46?/m0/s1. The van der Waals surface area contributed by atoms with Gasteiger partial charge in [0.2, 0.25) is 0 Å². The number of carbonyl (C=O) groups excluding carboxylic acids is 2. The first-order chi connectivity index (χ1) is 29.3. The lowest BCUT2D eigenvalue weighted by atomic mass is 10.0. The predicted octanol–water partition coefficient (Wildman–Crippen LogP) is 8.91. The van der Waals surface area contributed by atoms with Gasteiger partial charge in [0.1, 0.15) is 12.2 Å². The van der Waals surface area contributed by atoms with E-state index in [-0.39, 0.29) is 36.4 Å². The Labute approximate surface area is 363 Å². The van der Waals surface area contributed by atoms with Crippen LogP contribution in [0.4, 0.5) is 0 Å². The van der Waals surface area contributed by atoms with Crippen molar-refractivity contribution in [1.29, 1.82) is 0 Å². The van der Waals surface area contributed by atoms with Gasteiger partial charge in [-0.15, -0.1) is 0 Å². The molecule has 350 valence electrons. The molecule has 0 amide bonds. The minimum atomic E-state index is -0.192. The van der Waals surface area contributed by atoms with Crippen molar-refractivity contribution in [3.8, 4) is 0 Å². The van der Waals surface area contributed by atoms with Crippen LogP contribution in [-0.4, -0.2) is 126 Å².